The molecule has 0 saturated heterocycles. The third kappa shape index (κ3) is 3.39. The van der Waals surface area contributed by atoms with E-state index in [0.717, 1.165) is 24.2 Å². The molecule has 0 bridgehead atoms. The Morgan fingerprint density at radius 3 is 2.52 bits per heavy atom. The molecule has 0 radical (unpaired) electrons. The highest BCUT2D eigenvalue weighted by atomic mass is 16.5. The molecule has 0 aromatic heterocycles. The maximum absolute atomic E-state index is 12.8. The van der Waals surface area contributed by atoms with E-state index < -0.39 is 0 Å². The largest absolute Gasteiger partial charge is 0.492 e. The quantitative estimate of drug-likeness (QED) is 0.816. The predicted molar refractivity (Wildman–Crippen MR) is 91.7 cm³/mol. The van der Waals surface area contributed by atoms with Gasteiger partial charge in [0.25, 0.3) is 0 Å². The lowest BCUT2D eigenvalue weighted by atomic mass is 9.94. The minimum Gasteiger partial charge on any atom is -0.492 e. The van der Waals surface area contributed by atoms with Gasteiger partial charge >= 0.3 is 0 Å². The second-order valence-corrected chi connectivity index (χ2v) is 6.34. The minimum atomic E-state index is -0.292. The number of hydrogen-bond donors (Lipinski definition) is 0. The van der Waals surface area contributed by atoms with Gasteiger partial charge in [0.05, 0.1) is 12.0 Å². The van der Waals surface area contributed by atoms with Gasteiger partial charge in [0.15, 0.2) is 0 Å². The zero-order valence-electron chi connectivity index (χ0n) is 13.8. The summed E-state index contributed by atoms with van der Waals surface area (Å²) in [7, 11) is 1.87. The summed E-state index contributed by atoms with van der Waals surface area (Å²) in [4.78, 5) is 14.6. The number of nitrogens with zero attached hydrogens (tertiary/aromatic N) is 1. The zero-order chi connectivity index (χ0) is 16.3. The lowest BCUT2D eigenvalue weighted by Gasteiger charge is -2.24. The standard InChI is InChI=1S/C20H23NO2/c1-16-7-6-10-18(15-16)23-14-13-21(2)19(22)20(11-12-20)17-8-4-3-5-9-17/h3-10,15H,11-14H2,1-2H3. The third-order valence-electron chi connectivity index (χ3n) is 4.52. The van der Waals surface area contributed by atoms with Crippen LogP contribution in [0.15, 0.2) is 54.6 Å². The first-order valence-corrected chi connectivity index (χ1v) is 8.12. The van der Waals surface area contributed by atoms with E-state index in [4.69, 9.17) is 4.74 Å². The number of carbonyl (C=O) groups excluding carboxylic acids is 1. The summed E-state index contributed by atoms with van der Waals surface area (Å²) in [5.74, 6) is 1.06. The first kappa shape index (κ1) is 15.6. The van der Waals surface area contributed by atoms with Crippen molar-refractivity contribution < 1.29 is 9.53 Å². The molecule has 2 aromatic rings. The average Bonchev–Trinajstić information content (AvgIpc) is 3.37. The molecule has 0 aliphatic heterocycles. The second kappa shape index (κ2) is 6.45. The lowest BCUT2D eigenvalue weighted by Crippen LogP contribution is -2.38. The molecule has 1 saturated carbocycles. The van der Waals surface area contributed by atoms with Crippen molar-refractivity contribution in [2.75, 3.05) is 20.2 Å². The van der Waals surface area contributed by atoms with Crippen LogP contribution in [-0.2, 0) is 10.2 Å². The summed E-state index contributed by atoms with van der Waals surface area (Å²) in [6.45, 7) is 3.15. The monoisotopic (exact) mass is 309 g/mol. The van der Waals surface area contributed by atoms with E-state index in [0.29, 0.717) is 13.2 Å². The number of aryl methyl sites for hydroxylation is 1. The van der Waals surface area contributed by atoms with Crippen LogP contribution in [0.1, 0.15) is 24.0 Å². The molecule has 1 aliphatic rings. The maximum atomic E-state index is 12.8. The smallest absolute Gasteiger partial charge is 0.233 e. The fraction of sp³-hybridized carbons (Fsp3) is 0.350. The van der Waals surface area contributed by atoms with Crippen molar-refractivity contribution in [3.63, 3.8) is 0 Å². The zero-order valence-corrected chi connectivity index (χ0v) is 13.8. The number of amides is 1. The molecule has 3 rings (SSSR count). The Bertz CT molecular complexity index is 677. The van der Waals surface area contributed by atoms with E-state index in [1.54, 1.807) is 4.90 Å². The fourth-order valence-corrected chi connectivity index (χ4v) is 2.98. The van der Waals surface area contributed by atoms with Gasteiger partial charge in [-0.25, -0.2) is 0 Å². The number of benzene rings is 2. The van der Waals surface area contributed by atoms with Crippen LogP contribution in [-0.4, -0.2) is 31.0 Å². The van der Waals surface area contributed by atoms with Gasteiger partial charge in [-0.15, -0.1) is 0 Å². The van der Waals surface area contributed by atoms with Gasteiger partial charge in [-0.05, 0) is 43.0 Å². The summed E-state index contributed by atoms with van der Waals surface area (Å²) in [5, 5.41) is 0. The highest BCUT2D eigenvalue weighted by Gasteiger charge is 2.52. The molecule has 1 fully saturated rings. The molecule has 1 aliphatic carbocycles. The minimum absolute atomic E-state index is 0.205. The molecule has 0 spiro atoms. The van der Waals surface area contributed by atoms with E-state index in [-0.39, 0.29) is 11.3 Å². The molecular formula is C20H23NO2. The average molecular weight is 309 g/mol. The number of hydrogen-bond acceptors (Lipinski definition) is 2. The SMILES string of the molecule is Cc1cccc(OCCN(C)C(=O)C2(c3ccccc3)CC2)c1. The van der Waals surface area contributed by atoms with Crippen molar-refractivity contribution >= 4 is 5.91 Å². The van der Waals surface area contributed by atoms with Crippen LogP contribution in [0, 0.1) is 6.92 Å². The maximum Gasteiger partial charge on any atom is 0.233 e. The topological polar surface area (TPSA) is 29.5 Å². The van der Waals surface area contributed by atoms with Crippen LogP contribution in [0.3, 0.4) is 0 Å². The first-order valence-electron chi connectivity index (χ1n) is 8.12. The summed E-state index contributed by atoms with van der Waals surface area (Å²) in [5.41, 5.74) is 2.02. The Kier molecular flexibility index (Phi) is 4.37. The van der Waals surface area contributed by atoms with Crippen LogP contribution in [0.5, 0.6) is 5.75 Å². The molecule has 120 valence electrons. The lowest BCUT2D eigenvalue weighted by molar-refractivity contribution is -0.133. The number of carbonyl (C=O) groups is 1. The van der Waals surface area contributed by atoms with E-state index in [1.807, 2.05) is 56.4 Å². The van der Waals surface area contributed by atoms with Crippen molar-refractivity contribution in [3.05, 3.63) is 65.7 Å². The van der Waals surface area contributed by atoms with Gasteiger partial charge in [-0.2, -0.15) is 0 Å². The van der Waals surface area contributed by atoms with Crippen molar-refractivity contribution in [3.8, 4) is 5.75 Å². The molecule has 0 unspecified atom stereocenters. The van der Waals surface area contributed by atoms with Gasteiger partial charge in [-0.3, -0.25) is 4.79 Å². The second-order valence-electron chi connectivity index (χ2n) is 6.34. The van der Waals surface area contributed by atoms with Crippen molar-refractivity contribution in [2.45, 2.75) is 25.2 Å². The Labute approximate surface area is 137 Å². The van der Waals surface area contributed by atoms with Gasteiger partial charge in [0.2, 0.25) is 5.91 Å². The van der Waals surface area contributed by atoms with E-state index in [1.165, 1.54) is 5.56 Å². The fourth-order valence-electron chi connectivity index (χ4n) is 2.98. The predicted octanol–water partition coefficient (Wildman–Crippen LogP) is 3.56. The van der Waals surface area contributed by atoms with Gasteiger partial charge in [-0.1, -0.05) is 42.5 Å². The van der Waals surface area contributed by atoms with Crippen molar-refractivity contribution in [1.29, 1.82) is 0 Å². The molecular weight excluding hydrogens is 286 g/mol. The van der Waals surface area contributed by atoms with Crippen LogP contribution in [0.2, 0.25) is 0 Å². The highest BCUT2D eigenvalue weighted by Crippen LogP contribution is 2.49. The summed E-state index contributed by atoms with van der Waals surface area (Å²) in [6, 6.07) is 18.1. The molecule has 1 amide bonds. The van der Waals surface area contributed by atoms with Crippen molar-refractivity contribution in [2.24, 2.45) is 0 Å². The van der Waals surface area contributed by atoms with Gasteiger partial charge in [0, 0.05) is 7.05 Å². The molecule has 2 aromatic carbocycles. The summed E-state index contributed by atoms with van der Waals surface area (Å²) in [6.07, 6.45) is 1.89. The molecule has 0 N–H and O–H groups in total. The number of likely N-dealkylation sites (N-methyl/N-ethyl adjacent to an activating group) is 1. The Morgan fingerprint density at radius 2 is 1.87 bits per heavy atom. The molecule has 0 atom stereocenters. The molecule has 0 heterocycles. The van der Waals surface area contributed by atoms with Crippen LogP contribution in [0.25, 0.3) is 0 Å². The Morgan fingerprint density at radius 1 is 1.13 bits per heavy atom. The van der Waals surface area contributed by atoms with Gasteiger partial charge in [0.1, 0.15) is 12.4 Å². The molecule has 3 nitrogen and oxygen atoms in total. The van der Waals surface area contributed by atoms with Crippen LogP contribution in [0.4, 0.5) is 0 Å². The van der Waals surface area contributed by atoms with E-state index in [9.17, 15) is 4.79 Å². The molecule has 3 heteroatoms. The van der Waals surface area contributed by atoms with E-state index >= 15 is 0 Å². The molecule has 23 heavy (non-hydrogen) atoms. The summed E-state index contributed by atoms with van der Waals surface area (Å²) < 4.78 is 5.75. The van der Waals surface area contributed by atoms with Gasteiger partial charge < -0.3 is 9.64 Å². The Balaban J connectivity index is 1.56. The van der Waals surface area contributed by atoms with E-state index in [2.05, 4.69) is 12.1 Å². The first-order chi connectivity index (χ1) is 11.1. The third-order valence-corrected chi connectivity index (χ3v) is 4.52. The van der Waals surface area contributed by atoms with Crippen LogP contribution >= 0.6 is 0 Å². The van der Waals surface area contributed by atoms with Crippen molar-refractivity contribution in [1.82, 2.24) is 4.90 Å². The Hall–Kier alpha value is -2.29. The summed E-state index contributed by atoms with van der Waals surface area (Å²) >= 11 is 0. The van der Waals surface area contributed by atoms with Crippen LogP contribution < -0.4 is 4.74 Å². The number of ether oxygens (including phenoxy) is 1. The highest BCUT2D eigenvalue weighted by molar-refractivity contribution is 5.91. The normalized spacial score (nSPS) is 15.0. The number of rotatable bonds is 6.